The molecule has 7 heteroatoms. The van der Waals surface area contributed by atoms with E-state index in [4.69, 9.17) is 9.26 Å². The van der Waals surface area contributed by atoms with Crippen LogP contribution in [-0.4, -0.2) is 41.8 Å². The van der Waals surface area contributed by atoms with Gasteiger partial charge >= 0.3 is 0 Å². The third-order valence-electron chi connectivity index (χ3n) is 2.74. The Kier molecular flexibility index (Phi) is 4.66. The highest BCUT2D eigenvalue weighted by Crippen LogP contribution is 2.10. The first kappa shape index (κ1) is 13.0. The first-order valence-electron chi connectivity index (χ1n) is 6.22. The number of hydrogen-bond donors (Lipinski definition) is 2. The molecule has 1 aromatic rings. The van der Waals surface area contributed by atoms with E-state index in [1.165, 1.54) is 0 Å². The standard InChI is InChI=1S/C11H18N4O3/c1-2-13-11(16)10-14-9(18-15-10)7-17-8-3-5-12-6-4-8/h8,12H,2-7H2,1H3,(H,13,16). The van der Waals surface area contributed by atoms with Gasteiger partial charge in [0.25, 0.3) is 17.6 Å². The minimum atomic E-state index is -0.325. The van der Waals surface area contributed by atoms with Gasteiger partial charge in [-0.05, 0) is 32.9 Å². The molecular formula is C11H18N4O3. The van der Waals surface area contributed by atoms with Crippen LogP contribution in [0.2, 0.25) is 0 Å². The molecule has 2 N–H and O–H groups in total. The van der Waals surface area contributed by atoms with E-state index in [1.54, 1.807) is 0 Å². The molecule has 0 aromatic carbocycles. The van der Waals surface area contributed by atoms with Crippen molar-refractivity contribution in [1.82, 2.24) is 20.8 Å². The maximum Gasteiger partial charge on any atom is 0.292 e. The zero-order valence-corrected chi connectivity index (χ0v) is 10.4. The van der Waals surface area contributed by atoms with Crippen molar-refractivity contribution >= 4 is 5.91 Å². The Labute approximate surface area is 105 Å². The number of rotatable bonds is 5. The zero-order valence-electron chi connectivity index (χ0n) is 10.4. The highest BCUT2D eigenvalue weighted by atomic mass is 16.5. The SMILES string of the molecule is CCNC(=O)c1noc(COC2CCNCC2)n1. The summed E-state index contributed by atoms with van der Waals surface area (Å²) in [4.78, 5) is 15.4. The molecule has 1 saturated heterocycles. The van der Waals surface area contributed by atoms with Gasteiger partial charge in [-0.3, -0.25) is 4.79 Å². The average Bonchev–Trinajstić information content (AvgIpc) is 2.87. The topological polar surface area (TPSA) is 89.3 Å². The summed E-state index contributed by atoms with van der Waals surface area (Å²) in [6, 6.07) is 0. The molecular weight excluding hydrogens is 236 g/mol. The fourth-order valence-corrected chi connectivity index (χ4v) is 1.80. The maximum absolute atomic E-state index is 11.4. The molecule has 18 heavy (non-hydrogen) atoms. The second-order valence-electron chi connectivity index (χ2n) is 4.13. The first-order chi connectivity index (χ1) is 8.79. The summed E-state index contributed by atoms with van der Waals surface area (Å²) in [7, 11) is 0. The Morgan fingerprint density at radius 1 is 1.56 bits per heavy atom. The molecule has 100 valence electrons. The van der Waals surface area contributed by atoms with Crippen molar-refractivity contribution in [3.8, 4) is 0 Å². The van der Waals surface area contributed by atoms with Crippen LogP contribution in [0.4, 0.5) is 0 Å². The zero-order chi connectivity index (χ0) is 12.8. The number of piperidine rings is 1. The molecule has 7 nitrogen and oxygen atoms in total. The van der Waals surface area contributed by atoms with Crippen LogP contribution in [0.15, 0.2) is 4.52 Å². The number of nitrogens with one attached hydrogen (secondary N) is 2. The number of hydrogen-bond acceptors (Lipinski definition) is 6. The van der Waals surface area contributed by atoms with E-state index in [2.05, 4.69) is 20.8 Å². The minimum Gasteiger partial charge on any atom is -0.368 e. The van der Waals surface area contributed by atoms with E-state index >= 15 is 0 Å². The van der Waals surface area contributed by atoms with E-state index < -0.39 is 0 Å². The summed E-state index contributed by atoms with van der Waals surface area (Å²) in [5.41, 5.74) is 0. The van der Waals surface area contributed by atoms with Crippen molar-refractivity contribution in [2.45, 2.75) is 32.5 Å². The molecule has 0 aliphatic carbocycles. The number of nitrogens with zero attached hydrogens (tertiary/aromatic N) is 2. The van der Waals surface area contributed by atoms with Gasteiger partial charge in [-0.2, -0.15) is 4.98 Å². The van der Waals surface area contributed by atoms with Gasteiger partial charge in [0.15, 0.2) is 0 Å². The Hall–Kier alpha value is -1.47. The number of amides is 1. The Bertz CT molecular complexity index is 387. The Balaban J connectivity index is 1.80. The second kappa shape index (κ2) is 6.46. The van der Waals surface area contributed by atoms with Crippen LogP contribution >= 0.6 is 0 Å². The van der Waals surface area contributed by atoms with Gasteiger partial charge in [0.1, 0.15) is 6.61 Å². The lowest BCUT2D eigenvalue weighted by atomic mass is 10.1. The molecule has 0 spiro atoms. The van der Waals surface area contributed by atoms with Crippen LogP contribution in [0, 0.1) is 0 Å². The van der Waals surface area contributed by atoms with Crippen molar-refractivity contribution in [2.75, 3.05) is 19.6 Å². The molecule has 1 aliphatic rings. The summed E-state index contributed by atoms with van der Waals surface area (Å²) in [6.45, 7) is 4.57. The van der Waals surface area contributed by atoms with Crippen LogP contribution in [0.1, 0.15) is 36.3 Å². The first-order valence-corrected chi connectivity index (χ1v) is 6.22. The van der Waals surface area contributed by atoms with Gasteiger partial charge in [0.2, 0.25) is 0 Å². The van der Waals surface area contributed by atoms with Crippen LogP contribution in [0.25, 0.3) is 0 Å². The highest BCUT2D eigenvalue weighted by Gasteiger charge is 2.17. The van der Waals surface area contributed by atoms with Gasteiger partial charge in [-0.15, -0.1) is 0 Å². The van der Waals surface area contributed by atoms with Gasteiger partial charge in [0, 0.05) is 6.54 Å². The predicted octanol–water partition coefficient (Wildman–Crippen LogP) is 0.0879. The lowest BCUT2D eigenvalue weighted by Gasteiger charge is -2.21. The van der Waals surface area contributed by atoms with Gasteiger partial charge < -0.3 is 19.9 Å². The van der Waals surface area contributed by atoms with Crippen molar-refractivity contribution in [1.29, 1.82) is 0 Å². The number of aromatic nitrogens is 2. The smallest absolute Gasteiger partial charge is 0.292 e. The second-order valence-corrected chi connectivity index (χ2v) is 4.13. The van der Waals surface area contributed by atoms with Crippen LogP contribution in [-0.2, 0) is 11.3 Å². The van der Waals surface area contributed by atoms with Gasteiger partial charge in [-0.25, -0.2) is 0 Å². The molecule has 2 rings (SSSR count). The molecule has 0 saturated carbocycles. The molecule has 0 radical (unpaired) electrons. The van der Waals surface area contributed by atoms with Gasteiger partial charge in [0.05, 0.1) is 6.10 Å². The molecule has 1 aromatic heterocycles. The lowest BCUT2D eigenvalue weighted by Crippen LogP contribution is -2.32. The van der Waals surface area contributed by atoms with E-state index in [0.29, 0.717) is 12.4 Å². The largest absolute Gasteiger partial charge is 0.368 e. The lowest BCUT2D eigenvalue weighted by molar-refractivity contribution is 0.00859. The molecule has 0 bridgehead atoms. The molecule has 1 fully saturated rings. The van der Waals surface area contributed by atoms with Crippen molar-refractivity contribution in [3.05, 3.63) is 11.7 Å². The molecule has 0 unspecified atom stereocenters. The van der Waals surface area contributed by atoms with Crippen molar-refractivity contribution < 1.29 is 14.1 Å². The van der Waals surface area contributed by atoms with E-state index in [0.717, 1.165) is 25.9 Å². The summed E-state index contributed by atoms with van der Waals surface area (Å²) in [5, 5.41) is 9.48. The third-order valence-corrected chi connectivity index (χ3v) is 2.74. The minimum absolute atomic E-state index is 0.0563. The number of carbonyl (C=O) groups is 1. The summed E-state index contributed by atoms with van der Waals surface area (Å²) in [6.07, 6.45) is 2.19. The normalized spacial score (nSPS) is 16.7. The van der Waals surface area contributed by atoms with E-state index in [-0.39, 0.29) is 24.4 Å². The van der Waals surface area contributed by atoms with Crippen LogP contribution in [0.5, 0.6) is 0 Å². The summed E-state index contributed by atoms with van der Waals surface area (Å²) >= 11 is 0. The van der Waals surface area contributed by atoms with Crippen molar-refractivity contribution in [2.24, 2.45) is 0 Å². The Morgan fingerprint density at radius 3 is 3.06 bits per heavy atom. The van der Waals surface area contributed by atoms with E-state index in [1.807, 2.05) is 6.92 Å². The maximum atomic E-state index is 11.4. The monoisotopic (exact) mass is 254 g/mol. The van der Waals surface area contributed by atoms with E-state index in [9.17, 15) is 4.79 Å². The third kappa shape index (κ3) is 3.51. The molecule has 0 atom stereocenters. The summed E-state index contributed by atoms with van der Waals surface area (Å²) in [5.74, 6) is 0.0740. The molecule has 1 amide bonds. The van der Waals surface area contributed by atoms with Gasteiger partial charge in [-0.1, -0.05) is 5.16 Å². The fourth-order valence-electron chi connectivity index (χ4n) is 1.80. The predicted molar refractivity (Wildman–Crippen MR) is 63.0 cm³/mol. The summed E-state index contributed by atoms with van der Waals surface area (Å²) < 4.78 is 10.6. The van der Waals surface area contributed by atoms with Crippen LogP contribution < -0.4 is 10.6 Å². The molecule has 1 aliphatic heterocycles. The Morgan fingerprint density at radius 2 is 2.33 bits per heavy atom. The van der Waals surface area contributed by atoms with Crippen molar-refractivity contribution in [3.63, 3.8) is 0 Å². The number of ether oxygens (including phenoxy) is 1. The van der Waals surface area contributed by atoms with Crippen LogP contribution in [0.3, 0.4) is 0 Å². The molecule has 2 heterocycles. The fraction of sp³-hybridized carbons (Fsp3) is 0.727. The quantitative estimate of drug-likeness (QED) is 0.774. The number of carbonyl (C=O) groups excluding carboxylic acids is 1. The highest BCUT2D eigenvalue weighted by molar-refractivity contribution is 5.90. The average molecular weight is 254 g/mol.